The fourth-order valence-corrected chi connectivity index (χ4v) is 5.77. The lowest BCUT2D eigenvalue weighted by Crippen LogP contribution is -2.45. The molecule has 1 fully saturated rings. The Bertz CT molecular complexity index is 871. The van der Waals surface area contributed by atoms with E-state index in [1.165, 1.54) is 21.2 Å². The molecular weight excluding hydrogens is 396 g/mol. The summed E-state index contributed by atoms with van der Waals surface area (Å²) in [5.74, 6) is 0.573. The monoisotopic (exact) mass is 422 g/mol. The molecule has 152 valence electrons. The van der Waals surface area contributed by atoms with Crippen LogP contribution in [0.4, 0.5) is 0 Å². The number of thiophene rings is 1. The molecule has 1 aliphatic heterocycles. The third kappa shape index (κ3) is 5.12. The highest BCUT2D eigenvalue weighted by Crippen LogP contribution is 2.26. The third-order valence-corrected chi connectivity index (χ3v) is 8.10. The first kappa shape index (κ1) is 20.8. The average Bonchev–Trinajstić information content (AvgIpc) is 3.23. The molecule has 6 nitrogen and oxygen atoms in total. The van der Waals surface area contributed by atoms with Crippen molar-refractivity contribution in [2.24, 2.45) is 5.92 Å². The number of rotatable bonds is 7. The van der Waals surface area contributed by atoms with Crippen molar-refractivity contribution in [1.29, 1.82) is 0 Å². The molecule has 0 unspecified atom stereocenters. The SMILES string of the molecule is Cc1ccc(OC[C@H](C)NC(=O)C2CCN(S(=O)(=O)c3cccs3)CC2)cc1. The van der Waals surface area contributed by atoms with Gasteiger partial charge in [0.05, 0.1) is 6.04 Å². The summed E-state index contributed by atoms with van der Waals surface area (Å²) in [7, 11) is -3.43. The second kappa shape index (κ2) is 9.07. The minimum absolute atomic E-state index is 0.0341. The zero-order valence-electron chi connectivity index (χ0n) is 16.1. The second-order valence-corrected chi connectivity index (χ2v) is 10.3. The molecule has 1 amide bonds. The van der Waals surface area contributed by atoms with Crippen LogP contribution in [0.25, 0.3) is 0 Å². The van der Waals surface area contributed by atoms with E-state index < -0.39 is 10.0 Å². The minimum atomic E-state index is -3.43. The Labute approximate surface area is 170 Å². The summed E-state index contributed by atoms with van der Waals surface area (Å²) in [5, 5.41) is 4.74. The number of amides is 1. The maximum Gasteiger partial charge on any atom is 0.252 e. The molecule has 1 aliphatic rings. The number of carbonyl (C=O) groups is 1. The van der Waals surface area contributed by atoms with E-state index in [2.05, 4.69) is 5.32 Å². The number of hydrogen-bond donors (Lipinski definition) is 1. The average molecular weight is 423 g/mol. The van der Waals surface area contributed by atoms with Crippen LogP contribution in [0.2, 0.25) is 0 Å². The van der Waals surface area contributed by atoms with Crippen molar-refractivity contribution in [3.63, 3.8) is 0 Å². The van der Waals surface area contributed by atoms with E-state index in [1.54, 1.807) is 17.5 Å². The van der Waals surface area contributed by atoms with Crippen LogP contribution in [0.15, 0.2) is 46.0 Å². The van der Waals surface area contributed by atoms with E-state index in [4.69, 9.17) is 4.74 Å². The van der Waals surface area contributed by atoms with Crippen LogP contribution >= 0.6 is 11.3 Å². The summed E-state index contributed by atoms with van der Waals surface area (Å²) < 4.78 is 32.7. The van der Waals surface area contributed by atoms with Crippen molar-refractivity contribution in [2.75, 3.05) is 19.7 Å². The Hall–Kier alpha value is -1.90. The first-order valence-corrected chi connectivity index (χ1v) is 11.7. The highest BCUT2D eigenvalue weighted by atomic mass is 32.2. The number of nitrogens with one attached hydrogen (secondary N) is 1. The van der Waals surface area contributed by atoms with Crippen molar-refractivity contribution < 1.29 is 17.9 Å². The third-order valence-electron chi connectivity index (χ3n) is 4.82. The lowest BCUT2D eigenvalue weighted by Gasteiger charge is -2.30. The van der Waals surface area contributed by atoms with Gasteiger partial charge in [-0.15, -0.1) is 11.3 Å². The van der Waals surface area contributed by atoms with E-state index in [0.717, 1.165) is 5.75 Å². The van der Waals surface area contributed by atoms with Gasteiger partial charge in [0, 0.05) is 19.0 Å². The number of hydrogen-bond acceptors (Lipinski definition) is 5. The van der Waals surface area contributed by atoms with Crippen LogP contribution in [-0.2, 0) is 14.8 Å². The number of ether oxygens (including phenoxy) is 1. The predicted octanol–water partition coefficient (Wildman–Crippen LogP) is 3.04. The quantitative estimate of drug-likeness (QED) is 0.744. The number of piperidine rings is 1. The summed E-state index contributed by atoms with van der Waals surface area (Å²) >= 11 is 1.22. The number of nitrogens with zero attached hydrogens (tertiary/aromatic N) is 1. The molecule has 8 heteroatoms. The van der Waals surface area contributed by atoms with Crippen LogP contribution < -0.4 is 10.1 Å². The van der Waals surface area contributed by atoms with Gasteiger partial charge in [-0.2, -0.15) is 4.31 Å². The van der Waals surface area contributed by atoms with Gasteiger partial charge in [-0.05, 0) is 50.3 Å². The summed E-state index contributed by atoms with van der Waals surface area (Å²) in [5.41, 5.74) is 1.17. The van der Waals surface area contributed by atoms with E-state index in [9.17, 15) is 13.2 Å². The van der Waals surface area contributed by atoms with E-state index in [1.807, 2.05) is 38.1 Å². The van der Waals surface area contributed by atoms with Crippen molar-refractivity contribution >= 4 is 27.3 Å². The zero-order chi connectivity index (χ0) is 20.1. The topological polar surface area (TPSA) is 75.7 Å². The van der Waals surface area contributed by atoms with Gasteiger partial charge in [0.1, 0.15) is 16.6 Å². The number of aryl methyl sites for hydroxylation is 1. The number of sulfonamides is 1. The second-order valence-electron chi connectivity index (χ2n) is 7.14. The molecule has 3 rings (SSSR count). The lowest BCUT2D eigenvalue weighted by molar-refractivity contribution is -0.126. The molecule has 1 saturated heterocycles. The highest BCUT2D eigenvalue weighted by molar-refractivity contribution is 7.91. The van der Waals surface area contributed by atoms with Gasteiger partial charge < -0.3 is 10.1 Å². The van der Waals surface area contributed by atoms with Gasteiger partial charge in [-0.25, -0.2) is 8.42 Å². The molecule has 28 heavy (non-hydrogen) atoms. The van der Waals surface area contributed by atoms with Gasteiger partial charge in [-0.1, -0.05) is 23.8 Å². The zero-order valence-corrected chi connectivity index (χ0v) is 17.8. The Morgan fingerprint density at radius 3 is 2.54 bits per heavy atom. The molecule has 0 saturated carbocycles. The molecule has 1 N–H and O–H groups in total. The molecule has 0 aliphatic carbocycles. The smallest absolute Gasteiger partial charge is 0.252 e. The van der Waals surface area contributed by atoms with E-state index in [0.29, 0.717) is 36.7 Å². The van der Waals surface area contributed by atoms with Crippen molar-refractivity contribution in [2.45, 2.75) is 36.9 Å². The molecule has 1 aromatic carbocycles. The highest BCUT2D eigenvalue weighted by Gasteiger charge is 2.32. The molecule has 1 aromatic heterocycles. The van der Waals surface area contributed by atoms with Gasteiger partial charge in [0.2, 0.25) is 5.91 Å². The molecule has 0 radical (unpaired) electrons. The summed E-state index contributed by atoms with van der Waals surface area (Å²) in [6.07, 6.45) is 1.06. The number of carbonyl (C=O) groups excluding carboxylic acids is 1. The predicted molar refractivity (Wildman–Crippen MR) is 110 cm³/mol. The first-order chi connectivity index (χ1) is 13.4. The Morgan fingerprint density at radius 2 is 1.93 bits per heavy atom. The lowest BCUT2D eigenvalue weighted by atomic mass is 9.97. The van der Waals surface area contributed by atoms with Gasteiger partial charge in [-0.3, -0.25) is 4.79 Å². The standard InChI is InChI=1S/C20H26N2O4S2/c1-15-5-7-18(8-6-15)26-14-16(2)21-20(23)17-9-11-22(12-10-17)28(24,25)19-4-3-13-27-19/h3-8,13,16-17H,9-12,14H2,1-2H3,(H,21,23)/t16-/m0/s1. The molecular formula is C20H26N2O4S2. The van der Waals surface area contributed by atoms with E-state index in [-0.39, 0.29) is 17.9 Å². The Kier molecular flexibility index (Phi) is 6.74. The van der Waals surface area contributed by atoms with E-state index >= 15 is 0 Å². The summed E-state index contributed by atoms with van der Waals surface area (Å²) in [4.78, 5) is 12.5. The van der Waals surface area contributed by atoms with Gasteiger partial charge >= 0.3 is 0 Å². The summed E-state index contributed by atoms with van der Waals surface area (Å²) in [6.45, 7) is 5.05. The maximum absolute atomic E-state index is 12.6. The van der Waals surface area contributed by atoms with Crippen LogP contribution in [0, 0.1) is 12.8 Å². The fraction of sp³-hybridized carbons (Fsp3) is 0.450. The molecule has 0 spiro atoms. The largest absolute Gasteiger partial charge is 0.491 e. The van der Waals surface area contributed by atoms with Crippen molar-refractivity contribution in [1.82, 2.24) is 9.62 Å². The fourth-order valence-electron chi connectivity index (χ4n) is 3.15. The molecule has 2 aromatic rings. The Morgan fingerprint density at radius 1 is 1.25 bits per heavy atom. The van der Waals surface area contributed by atoms with Crippen molar-refractivity contribution in [3.05, 3.63) is 47.3 Å². The molecule has 0 bridgehead atoms. The van der Waals surface area contributed by atoms with Crippen LogP contribution in [0.3, 0.4) is 0 Å². The number of benzene rings is 1. The van der Waals surface area contributed by atoms with Crippen LogP contribution in [-0.4, -0.2) is 44.4 Å². The van der Waals surface area contributed by atoms with Crippen LogP contribution in [0.5, 0.6) is 5.75 Å². The molecule has 2 heterocycles. The van der Waals surface area contributed by atoms with Gasteiger partial charge in [0.25, 0.3) is 10.0 Å². The summed E-state index contributed by atoms with van der Waals surface area (Å²) in [6, 6.07) is 11.0. The first-order valence-electron chi connectivity index (χ1n) is 9.40. The molecule has 1 atom stereocenters. The maximum atomic E-state index is 12.6. The van der Waals surface area contributed by atoms with Crippen LogP contribution in [0.1, 0.15) is 25.3 Å². The normalized spacial score (nSPS) is 17.2. The minimum Gasteiger partial charge on any atom is -0.491 e. The van der Waals surface area contributed by atoms with Crippen molar-refractivity contribution in [3.8, 4) is 5.75 Å². The van der Waals surface area contributed by atoms with Gasteiger partial charge in [0.15, 0.2) is 0 Å². The Balaban J connectivity index is 1.45.